The van der Waals surface area contributed by atoms with Gasteiger partial charge in [0.05, 0.1) is 0 Å². The molecule has 1 aromatic rings. The monoisotopic (exact) mass is 229 g/mol. The van der Waals surface area contributed by atoms with Crippen LogP contribution in [0.2, 0.25) is 0 Å². The molecule has 0 fully saturated rings. The summed E-state index contributed by atoms with van der Waals surface area (Å²) in [7, 11) is 0. The van der Waals surface area contributed by atoms with Crippen molar-refractivity contribution in [3.63, 3.8) is 0 Å². The van der Waals surface area contributed by atoms with Gasteiger partial charge in [-0.3, -0.25) is 0 Å². The number of rotatable bonds is 2. The molecule has 3 N–H and O–H groups in total. The van der Waals surface area contributed by atoms with Crippen molar-refractivity contribution in [3.05, 3.63) is 59.7 Å². The number of benzene rings is 1. The molecule has 2 nitrogen and oxygen atoms in total. The van der Waals surface area contributed by atoms with Crippen LogP contribution in [-0.2, 0) is 5.41 Å². The normalized spacial score (nSPS) is 24.6. The van der Waals surface area contributed by atoms with E-state index >= 15 is 0 Å². The lowest BCUT2D eigenvalue weighted by Gasteiger charge is -2.31. The van der Waals surface area contributed by atoms with Gasteiger partial charge in [0.1, 0.15) is 5.72 Å². The smallest absolute Gasteiger partial charge is 0.136 e. The van der Waals surface area contributed by atoms with Crippen molar-refractivity contribution in [3.8, 4) is 0 Å². The van der Waals surface area contributed by atoms with Crippen molar-refractivity contribution < 1.29 is 5.11 Å². The molecule has 90 valence electrons. The zero-order valence-electron chi connectivity index (χ0n) is 10.4. The average molecular weight is 229 g/mol. The second kappa shape index (κ2) is 4.13. The predicted octanol–water partition coefficient (Wildman–Crippen LogP) is 2.50. The fourth-order valence-electron chi connectivity index (χ4n) is 2.13. The van der Waals surface area contributed by atoms with Crippen molar-refractivity contribution in [1.29, 1.82) is 0 Å². The summed E-state index contributed by atoms with van der Waals surface area (Å²) in [4.78, 5) is 0. The molecule has 1 atom stereocenters. The van der Waals surface area contributed by atoms with Crippen LogP contribution in [0.5, 0.6) is 0 Å². The van der Waals surface area contributed by atoms with E-state index in [1.807, 2.05) is 30.4 Å². The molecule has 0 saturated heterocycles. The van der Waals surface area contributed by atoms with Gasteiger partial charge in [-0.2, -0.15) is 0 Å². The van der Waals surface area contributed by atoms with E-state index in [0.29, 0.717) is 6.42 Å². The summed E-state index contributed by atoms with van der Waals surface area (Å²) < 4.78 is 0. The van der Waals surface area contributed by atoms with E-state index in [1.54, 1.807) is 6.08 Å². The minimum absolute atomic E-state index is 0.0612. The van der Waals surface area contributed by atoms with Crippen LogP contribution in [0, 0.1) is 0 Å². The largest absolute Gasteiger partial charge is 0.372 e. The topological polar surface area (TPSA) is 46.2 Å². The molecule has 1 aliphatic carbocycles. The van der Waals surface area contributed by atoms with Gasteiger partial charge < -0.3 is 10.8 Å². The van der Waals surface area contributed by atoms with E-state index < -0.39 is 5.72 Å². The maximum absolute atomic E-state index is 9.67. The Labute approximate surface area is 102 Å². The second-order valence-corrected chi connectivity index (χ2v) is 5.18. The van der Waals surface area contributed by atoms with Crippen molar-refractivity contribution in [1.82, 2.24) is 0 Å². The van der Waals surface area contributed by atoms with E-state index in [4.69, 9.17) is 5.73 Å². The first-order valence-corrected chi connectivity index (χ1v) is 5.88. The summed E-state index contributed by atoms with van der Waals surface area (Å²) >= 11 is 0. The third-order valence-electron chi connectivity index (χ3n) is 3.42. The Kier molecular flexibility index (Phi) is 2.94. The van der Waals surface area contributed by atoms with Crippen molar-refractivity contribution in [2.75, 3.05) is 0 Å². The Balaban J connectivity index is 2.30. The Bertz CT molecular complexity index is 455. The molecular formula is C15H19NO. The maximum Gasteiger partial charge on any atom is 0.136 e. The molecule has 0 aliphatic heterocycles. The first kappa shape index (κ1) is 12.1. The van der Waals surface area contributed by atoms with Crippen molar-refractivity contribution >= 4 is 0 Å². The first-order chi connectivity index (χ1) is 7.92. The highest BCUT2D eigenvalue weighted by Gasteiger charge is 2.28. The summed E-state index contributed by atoms with van der Waals surface area (Å²) in [5.41, 5.74) is 6.86. The highest BCUT2D eigenvalue weighted by Crippen LogP contribution is 2.34. The van der Waals surface area contributed by atoms with Gasteiger partial charge in [0, 0.05) is 11.8 Å². The van der Waals surface area contributed by atoms with Gasteiger partial charge in [0.25, 0.3) is 0 Å². The van der Waals surface area contributed by atoms with Crippen LogP contribution in [0.15, 0.2) is 54.1 Å². The van der Waals surface area contributed by atoms with Gasteiger partial charge >= 0.3 is 0 Å². The SMILES string of the molecule is CC(C)(C1=CCC(N)(O)C=C1)c1ccccc1. The van der Waals surface area contributed by atoms with Gasteiger partial charge in [-0.05, 0) is 17.2 Å². The van der Waals surface area contributed by atoms with Crippen LogP contribution in [-0.4, -0.2) is 10.8 Å². The summed E-state index contributed by atoms with van der Waals surface area (Å²) in [5.74, 6) is 0. The molecule has 1 aromatic carbocycles. The van der Waals surface area contributed by atoms with Crippen molar-refractivity contribution in [2.45, 2.75) is 31.4 Å². The Morgan fingerprint density at radius 1 is 1.24 bits per heavy atom. The van der Waals surface area contributed by atoms with Crippen LogP contribution < -0.4 is 5.73 Å². The predicted molar refractivity (Wildman–Crippen MR) is 70.4 cm³/mol. The Hall–Kier alpha value is -1.38. The van der Waals surface area contributed by atoms with Gasteiger partial charge in [0.15, 0.2) is 0 Å². The fourth-order valence-corrected chi connectivity index (χ4v) is 2.13. The average Bonchev–Trinajstić information content (AvgIpc) is 2.29. The lowest BCUT2D eigenvalue weighted by atomic mass is 9.75. The number of allylic oxidation sites excluding steroid dienone is 2. The van der Waals surface area contributed by atoms with E-state index in [2.05, 4.69) is 26.0 Å². The Morgan fingerprint density at radius 3 is 2.41 bits per heavy atom. The third kappa shape index (κ3) is 2.48. The molecule has 1 unspecified atom stereocenters. The third-order valence-corrected chi connectivity index (χ3v) is 3.42. The second-order valence-electron chi connectivity index (χ2n) is 5.18. The van der Waals surface area contributed by atoms with Gasteiger partial charge in [-0.25, -0.2) is 0 Å². The van der Waals surface area contributed by atoms with Crippen LogP contribution in [0.1, 0.15) is 25.8 Å². The van der Waals surface area contributed by atoms with E-state index in [-0.39, 0.29) is 5.41 Å². The van der Waals surface area contributed by atoms with Crippen molar-refractivity contribution in [2.24, 2.45) is 5.73 Å². The highest BCUT2D eigenvalue weighted by atomic mass is 16.3. The zero-order valence-corrected chi connectivity index (χ0v) is 10.4. The summed E-state index contributed by atoms with van der Waals surface area (Å²) in [5, 5.41) is 9.67. The fraction of sp³-hybridized carbons (Fsp3) is 0.333. The van der Waals surface area contributed by atoms with E-state index in [1.165, 1.54) is 11.1 Å². The first-order valence-electron chi connectivity index (χ1n) is 5.88. The van der Waals surface area contributed by atoms with Crippen LogP contribution in [0.3, 0.4) is 0 Å². The molecule has 2 rings (SSSR count). The van der Waals surface area contributed by atoms with E-state index in [0.717, 1.165) is 0 Å². The molecule has 1 aliphatic rings. The molecule has 0 spiro atoms. The van der Waals surface area contributed by atoms with E-state index in [9.17, 15) is 5.11 Å². The molecule has 0 radical (unpaired) electrons. The van der Waals surface area contributed by atoms with Crippen LogP contribution >= 0.6 is 0 Å². The molecule has 0 bridgehead atoms. The number of hydrogen-bond donors (Lipinski definition) is 2. The molecule has 2 heteroatoms. The number of hydrogen-bond acceptors (Lipinski definition) is 2. The number of nitrogens with two attached hydrogens (primary N) is 1. The van der Waals surface area contributed by atoms with Crippen LogP contribution in [0.25, 0.3) is 0 Å². The zero-order chi connectivity index (χ0) is 12.5. The maximum atomic E-state index is 9.67. The summed E-state index contributed by atoms with van der Waals surface area (Å²) in [6.07, 6.45) is 6.09. The molecule has 0 heterocycles. The molecule has 0 saturated carbocycles. The number of aliphatic hydroxyl groups is 1. The van der Waals surface area contributed by atoms with Gasteiger partial charge in [0.2, 0.25) is 0 Å². The quantitative estimate of drug-likeness (QED) is 0.765. The minimum Gasteiger partial charge on any atom is -0.372 e. The molecular weight excluding hydrogens is 210 g/mol. The molecule has 17 heavy (non-hydrogen) atoms. The molecule has 0 aromatic heterocycles. The standard InChI is InChI=1S/C15H19NO/c1-14(2,12-6-4-3-5-7-12)13-8-10-15(16,17)11-9-13/h3-10,17H,11,16H2,1-2H3. The lowest BCUT2D eigenvalue weighted by molar-refractivity contribution is 0.0997. The summed E-state index contributed by atoms with van der Waals surface area (Å²) in [6, 6.07) is 10.4. The lowest BCUT2D eigenvalue weighted by Crippen LogP contribution is -2.38. The minimum atomic E-state index is -1.18. The van der Waals surface area contributed by atoms with Gasteiger partial charge in [-0.15, -0.1) is 0 Å². The highest BCUT2D eigenvalue weighted by molar-refractivity contribution is 5.42. The summed E-state index contributed by atoms with van der Waals surface area (Å²) in [6.45, 7) is 4.36. The molecule has 0 amide bonds. The Morgan fingerprint density at radius 2 is 1.88 bits per heavy atom. The van der Waals surface area contributed by atoms with Crippen LogP contribution in [0.4, 0.5) is 0 Å². The van der Waals surface area contributed by atoms with Gasteiger partial charge in [-0.1, -0.05) is 56.3 Å².